The zero-order valence-electron chi connectivity index (χ0n) is 51.9. The Morgan fingerprint density at radius 1 is 0.648 bits per heavy atom. The summed E-state index contributed by atoms with van der Waals surface area (Å²) in [5, 5.41) is 21.5. The van der Waals surface area contributed by atoms with Gasteiger partial charge in [-0.25, -0.2) is 9.36 Å². The molecule has 2 saturated carbocycles. The van der Waals surface area contributed by atoms with Crippen molar-refractivity contribution in [1.82, 2.24) is 40.4 Å². The van der Waals surface area contributed by atoms with Crippen LogP contribution in [-0.2, 0) is 32.1 Å². The van der Waals surface area contributed by atoms with Crippen molar-refractivity contribution < 1.29 is 39.6 Å². The maximum absolute atomic E-state index is 8.82. The van der Waals surface area contributed by atoms with Gasteiger partial charge in [-0.3, -0.25) is 0 Å². The van der Waals surface area contributed by atoms with Gasteiger partial charge in [-0.1, -0.05) is 86.8 Å². The third-order valence-electron chi connectivity index (χ3n) is 8.99. The lowest BCUT2D eigenvalue weighted by atomic mass is 9.89. The van der Waals surface area contributed by atoms with Crippen molar-refractivity contribution in [2.75, 3.05) is 13.2 Å². The number of hydrogen-bond donors (Lipinski definition) is 0. The Hall–Kier alpha value is -4.60. The quantitative estimate of drug-likeness (QED) is 0.0927. The van der Waals surface area contributed by atoms with E-state index in [9.17, 15) is 0 Å². The number of aromatic nitrogens is 8. The predicted octanol–water partition coefficient (Wildman–Crippen LogP) is 9.33. The molecule has 10 heteroatoms. The molecule has 4 aliphatic rings. The molecular formula is C44H58N8O2. The van der Waals surface area contributed by atoms with Gasteiger partial charge in [-0.2, -0.15) is 0 Å². The summed E-state index contributed by atoms with van der Waals surface area (Å²) in [7, 11) is 0. The number of nitrogens with zero attached hydrogens (tertiary/aromatic N) is 8. The number of benzene rings is 2. The first kappa shape index (κ1) is 19.3. The van der Waals surface area contributed by atoms with Crippen LogP contribution in [0, 0.1) is 0 Å². The Morgan fingerprint density at radius 3 is 1.83 bits per heavy atom. The van der Waals surface area contributed by atoms with E-state index >= 15 is 0 Å². The van der Waals surface area contributed by atoms with Gasteiger partial charge in [0.25, 0.3) is 0 Å². The molecule has 0 unspecified atom stereocenters. The third kappa shape index (κ3) is 10.3. The van der Waals surface area contributed by atoms with Crippen molar-refractivity contribution in [2.45, 2.75) is 140 Å². The lowest BCUT2D eigenvalue weighted by Crippen LogP contribution is -2.17. The molecule has 0 spiro atoms. The van der Waals surface area contributed by atoms with Crippen LogP contribution in [0.15, 0.2) is 66.8 Å². The molecule has 0 aliphatic heterocycles. The van der Waals surface area contributed by atoms with Crippen LogP contribution in [0.2, 0.25) is 0 Å². The highest BCUT2D eigenvalue weighted by Crippen LogP contribution is 2.31. The van der Waals surface area contributed by atoms with Gasteiger partial charge in [0.2, 0.25) is 0 Å². The summed E-state index contributed by atoms with van der Waals surface area (Å²) in [6, 6.07) is 4.99. The van der Waals surface area contributed by atoms with Crippen molar-refractivity contribution in [3.05, 3.63) is 101 Å². The van der Waals surface area contributed by atoms with Crippen LogP contribution in [0.1, 0.15) is 172 Å². The molecule has 4 aromatic rings. The Kier molecular flexibility index (Phi) is 6.84. The van der Waals surface area contributed by atoms with Gasteiger partial charge in [0.05, 0.1) is 28.0 Å². The van der Waals surface area contributed by atoms with Crippen LogP contribution in [0.3, 0.4) is 0 Å². The normalized spacial score (nSPS) is 33.9. The number of unbranched alkanes of at least 4 members (excludes halogenated alkanes) is 2. The maximum atomic E-state index is 8.82. The molecule has 2 heterocycles. The Bertz CT molecular complexity index is 2820. The van der Waals surface area contributed by atoms with Crippen molar-refractivity contribution >= 4 is 6.08 Å². The van der Waals surface area contributed by atoms with E-state index in [2.05, 4.69) is 44.2 Å². The molecular weight excluding hydrogens is 673 g/mol. The van der Waals surface area contributed by atoms with E-state index in [1.807, 2.05) is 48.6 Å². The first-order valence-electron chi connectivity index (χ1n) is 28.9. The van der Waals surface area contributed by atoms with Crippen LogP contribution < -0.4 is 9.47 Å². The topological polar surface area (TPSA) is 106 Å². The first-order chi connectivity index (χ1) is 34.9. The lowest BCUT2D eigenvalue weighted by molar-refractivity contribution is 0.300. The molecule has 0 amide bonds. The van der Waals surface area contributed by atoms with E-state index in [-0.39, 0.29) is 24.5 Å². The van der Waals surface area contributed by atoms with Gasteiger partial charge in [0.15, 0.2) is 11.6 Å². The fraction of sp³-hybridized carbons (Fsp3) is 0.545. The number of fused-ring (bicyclic) bond motifs is 2. The molecule has 286 valence electrons. The molecule has 2 aromatic heterocycles. The van der Waals surface area contributed by atoms with Crippen LogP contribution in [-0.4, -0.2) is 53.6 Å². The molecule has 0 N–H and O–H groups in total. The number of ether oxygens (including phenoxy) is 2. The molecule has 0 atom stereocenters. The largest absolute Gasteiger partial charge is 0.494 e. The monoisotopic (exact) mass is 753 g/mol. The van der Waals surface area contributed by atoms with Crippen LogP contribution in [0.25, 0.3) is 6.08 Å². The van der Waals surface area contributed by atoms with E-state index in [1.165, 1.54) is 16.7 Å². The summed E-state index contributed by atoms with van der Waals surface area (Å²) in [6.45, 7) is 8.67. The molecule has 8 rings (SSSR count). The molecule has 54 heavy (non-hydrogen) atoms. The predicted molar refractivity (Wildman–Crippen MR) is 213 cm³/mol. The van der Waals surface area contributed by atoms with Gasteiger partial charge in [-0.05, 0) is 144 Å². The van der Waals surface area contributed by atoms with Crippen molar-refractivity contribution in [3.63, 3.8) is 0 Å². The highest BCUT2D eigenvalue weighted by molar-refractivity contribution is 5.63. The summed E-state index contributed by atoms with van der Waals surface area (Å²) in [6.07, 6.45) is -26.6. The van der Waals surface area contributed by atoms with Gasteiger partial charge in [0.1, 0.15) is 11.5 Å². The lowest BCUT2D eigenvalue weighted by Gasteiger charge is -2.22. The second-order valence-corrected chi connectivity index (χ2v) is 13.0. The summed E-state index contributed by atoms with van der Waals surface area (Å²) in [5.74, 6) is 1.11. The van der Waals surface area contributed by atoms with Gasteiger partial charge >= 0.3 is 0 Å². The Balaban J connectivity index is 0.000000221. The minimum Gasteiger partial charge on any atom is -0.494 e. The van der Waals surface area contributed by atoms with Gasteiger partial charge < -0.3 is 9.47 Å². The maximum Gasteiger partial charge on any atom is 0.151 e. The van der Waals surface area contributed by atoms with Crippen molar-refractivity contribution in [1.29, 1.82) is 0 Å². The molecule has 0 bridgehead atoms. The Labute approximate surface area is 352 Å². The molecule has 10 nitrogen and oxygen atoms in total. The van der Waals surface area contributed by atoms with Gasteiger partial charge in [0, 0.05) is 40.3 Å². The summed E-state index contributed by atoms with van der Waals surface area (Å²) >= 11 is 0. The van der Waals surface area contributed by atoms with E-state index in [4.69, 9.17) is 39.6 Å². The number of allylic oxidation sites excluding steroid dienone is 3. The second kappa shape index (κ2) is 19.1. The SMILES string of the molecule is [2H]C1([2H])C([2H])([2H])C([2H])([2H])C([2H])(n2nnnc2CCCCOc2ccc3c(c2)C=CC(=C)C3)C([2H])([2H])C1([2H])[2H].[2H]C1([2H])C([2H])([2H])C([2H])([2H])C([2H])(n2nnnc2CCCCOc2ccc3c(c2)CCC(=C)C3)C([2H])([2H])C1([2H])[2H]. The smallest absolute Gasteiger partial charge is 0.151 e. The zero-order valence-corrected chi connectivity index (χ0v) is 29.9. The minimum atomic E-state index is -3.61. The average Bonchev–Trinajstić information content (AvgIpc) is 4.02. The summed E-state index contributed by atoms with van der Waals surface area (Å²) < 4.78 is 194. The number of rotatable bonds is 14. The zero-order chi connectivity index (χ0) is 56.7. The molecule has 2 aromatic carbocycles. The number of hydrogen-bond acceptors (Lipinski definition) is 8. The summed E-state index contributed by atoms with van der Waals surface area (Å²) in [5.41, 5.74) is 6.93. The van der Waals surface area contributed by atoms with Crippen LogP contribution in [0.4, 0.5) is 0 Å². The highest BCUT2D eigenvalue weighted by atomic mass is 16.5. The third-order valence-corrected chi connectivity index (χ3v) is 8.99. The minimum absolute atomic E-state index is 0.0388. The Morgan fingerprint density at radius 2 is 1.22 bits per heavy atom. The molecule has 2 fully saturated rings. The fourth-order valence-electron chi connectivity index (χ4n) is 6.18. The number of aryl methyl sites for hydroxylation is 3. The average molecular weight is 753 g/mol. The second-order valence-electron chi connectivity index (χ2n) is 13.0. The van der Waals surface area contributed by atoms with Crippen molar-refractivity contribution in [3.8, 4) is 11.5 Å². The number of tetrazole rings is 2. The summed E-state index contributed by atoms with van der Waals surface area (Å²) in [4.78, 5) is 0. The first-order valence-corrected chi connectivity index (χ1v) is 17.9. The fourth-order valence-corrected chi connectivity index (χ4v) is 6.18. The van der Waals surface area contributed by atoms with Crippen LogP contribution >= 0.6 is 0 Å². The standard InChI is InChI=1S/C22H30N4O.C22H28N4O/c2*1-17-10-11-19-16-21(13-12-18(19)15-17)27-14-6-5-9-22-23-24-25-26(22)20-7-3-2-4-8-20/h12-13,16,20H,1-11,14-15H2;10-13,16,20H,1-9,14-15H2/i2*2D2,3D2,4D2,7D2,8D2,20D. The van der Waals surface area contributed by atoms with Crippen molar-refractivity contribution in [2.24, 2.45) is 0 Å². The van der Waals surface area contributed by atoms with E-state index in [1.54, 1.807) is 0 Å². The van der Waals surface area contributed by atoms with E-state index < -0.39 is 75.8 Å². The van der Waals surface area contributed by atoms with E-state index in [0.29, 0.717) is 54.0 Å². The highest BCUT2D eigenvalue weighted by Gasteiger charge is 2.21. The molecule has 0 saturated heterocycles. The molecule has 0 radical (unpaired) electrons. The van der Waals surface area contributed by atoms with E-state index in [0.717, 1.165) is 48.1 Å². The molecule has 4 aliphatic carbocycles. The van der Waals surface area contributed by atoms with Gasteiger partial charge in [-0.15, -0.1) is 10.2 Å². The van der Waals surface area contributed by atoms with Crippen LogP contribution in [0.5, 0.6) is 11.5 Å².